The Bertz CT molecular complexity index is 765. The highest BCUT2D eigenvalue weighted by atomic mass is 16.5. The van der Waals surface area contributed by atoms with Crippen LogP contribution in [0.4, 0.5) is 0 Å². The Hall–Kier alpha value is -2.73. The molecule has 2 rings (SSSR count). The molecule has 1 N–H and O–H groups in total. The maximum Gasteiger partial charge on any atom is 0.251 e. The number of hydrogen-bond acceptors (Lipinski definition) is 5. The molecule has 164 valence electrons. The highest BCUT2D eigenvalue weighted by molar-refractivity contribution is 5.94. The van der Waals surface area contributed by atoms with Crippen LogP contribution in [0.5, 0.6) is 17.2 Å². The Kier molecular flexibility index (Phi) is 10.0. The van der Waals surface area contributed by atoms with Gasteiger partial charge in [0.2, 0.25) is 0 Å². The van der Waals surface area contributed by atoms with Crippen molar-refractivity contribution in [3.05, 3.63) is 54.1 Å². The van der Waals surface area contributed by atoms with Crippen molar-refractivity contribution in [3.63, 3.8) is 0 Å². The number of ether oxygens (including phenoxy) is 3. The molecule has 6 heteroatoms. The van der Waals surface area contributed by atoms with Crippen LogP contribution in [0.2, 0.25) is 0 Å². The number of likely N-dealkylation sites (N-methyl/N-ethyl adjacent to an activating group) is 1. The minimum Gasteiger partial charge on any atom is -0.490 e. The summed E-state index contributed by atoms with van der Waals surface area (Å²) < 4.78 is 17.1. The first-order valence-electron chi connectivity index (χ1n) is 10.6. The lowest BCUT2D eigenvalue weighted by atomic mass is 10.2. The Balaban J connectivity index is 1.89. The molecule has 0 saturated heterocycles. The van der Waals surface area contributed by atoms with Gasteiger partial charge in [-0.1, -0.05) is 25.1 Å². The summed E-state index contributed by atoms with van der Waals surface area (Å²) >= 11 is 0. The van der Waals surface area contributed by atoms with E-state index < -0.39 is 0 Å². The summed E-state index contributed by atoms with van der Waals surface area (Å²) in [5.74, 6) is 1.84. The fourth-order valence-corrected chi connectivity index (χ4v) is 3.06. The quantitative estimate of drug-likeness (QED) is 0.502. The third-order valence-electron chi connectivity index (χ3n) is 4.68. The van der Waals surface area contributed by atoms with E-state index in [0.29, 0.717) is 49.5 Å². The van der Waals surface area contributed by atoms with Gasteiger partial charge in [0.15, 0.2) is 11.5 Å². The second-order valence-corrected chi connectivity index (χ2v) is 7.08. The van der Waals surface area contributed by atoms with E-state index in [2.05, 4.69) is 31.0 Å². The average molecular weight is 415 g/mol. The molecule has 0 unspecified atom stereocenters. The minimum atomic E-state index is -0.116. The Morgan fingerprint density at radius 1 is 0.967 bits per heavy atom. The van der Waals surface area contributed by atoms with E-state index >= 15 is 0 Å². The van der Waals surface area contributed by atoms with Crippen molar-refractivity contribution in [1.29, 1.82) is 0 Å². The van der Waals surface area contributed by atoms with Crippen LogP contribution in [0, 0.1) is 0 Å². The SMILES string of the molecule is CCOc1cc(C(=O)NCCN(CC)C(C)C)ccc1OCCOc1ccccc1. The lowest BCUT2D eigenvalue weighted by Crippen LogP contribution is -2.38. The molecule has 6 nitrogen and oxygen atoms in total. The van der Waals surface area contributed by atoms with Crippen LogP contribution in [-0.4, -0.2) is 56.3 Å². The number of rotatable bonds is 13. The number of para-hydroxylation sites is 1. The number of hydrogen-bond donors (Lipinski definition) is 1. The molecule has 0 saturated carbocycles. The summed E-state index contributed by atoms with van der Waals surface area (Å²) in [6.45, 7) is 12.0. The van der Waals surface area contributed by atoms with Crippen LogP contribution in [0.15, 0.2) is 48.5 Å². The van der Waals surface area contributed by atoms with E-state index in [0.717, 1.165) is 18.8 Å². The van der Waals surface area contributed by atoms with E-state index in [-0.39, 0.29) is 5.91 Å². The topological polar surface area (TPSA) is 60.0 Å². The third kappa shape index (κ3) is 7.59. The van der Waals surface area contributed by atoms with Crippen molar-refractivity contribution in [2.75, 3.05) is 39.5 Å². The van der Waals surface area contributed by atoms with Crippen LogP contribution in [-0.2, 0) is 0 Å². The van der Waals surface area contributed by atoms with Crippen LogP contribution in [0.3, 0.4) is 0 Å². The van der Waals surface area contributed by atoms with Gasteiger partial charge in [-0.3, -0.25) is 9.69 Å². The Labute approximate surface area is 180 Å². The zero-order chi connectivity index (χ0) is 21.8. The molecule has 30 heavy (non-hydrogen) atoms. The molecule has 0 heterocycles. The molecule has 0 aromatic heterocycles. The number of carbonyl (C=O) groups is 1. The lowest BCUT2D eigenvalue weighted by Gasteiger charge is -2.24. The van der Waals surface area contributed by atoms with Gasteiger partial charge in [0.25, 0.3) is 5.91 Å². The summed E-state index contributed by atoms with van der Waals surface area (Å²) in [6, 6.07) is 15.3. The number of carbonyl (C=O) groups excluding carboxylic acids is 1. The van der Waals surface area contributed by atoms with E-state index in [4.69, 9.17) is 14.2 Å². The van der Waals surface area contributed by atoms with Crippen LogP contribution >= 0.6 is 0 Å². The molecular formula is C24H34N2O4. The van der Waals surface area contributed by atoms with Gasteiger partial charge in [0, 0.05) is 24.7 Å². The zero-order valence-electron chi connectivity index (χ0n) is 18.5. The van der Waals surface area contributed by atoms with Gasteiger partial charge in [0.05, 0.1) is 6.61 Å². The van der Waals surface area contributed by atoms with Gasteiger partial charge in [-0.15, -0.1) is 0 Å². The van der Waals surface area contributed by atoms with Crippen LogP contribution in [0.1, 0.15) is 38.1 Å². The number of amides is 1. The molecule has 2 aromatic carbocycles. The van der Waals surface area contributed by atoms with Gasteiger partial charge in [-0.05, 0) is 57.6 Å². The largest absolute Gasteiger partial charge is 0.490 e. The maximum absolute atomic E-state index is 12.5. The average Bonchev–Trinajstić information content (AvgIpc) is 2.75. The first-order chi connectivity index (χ1) is 14.5. The molecule has 0 spiro atoms. The molecule has 1 amide bonds. The molecular weight excluding hydrogens is 380 g/mol. The van der Waals surface area contributed by atoms with Crippen molar-refractivity contribution in [2.45, 2.75) is 33.7 Å². The maximum atomic E-state index is 12.5. The number of nitrogens with one attached hydrogen (secondary N) is 1. The lowest BCUT2D eigenvalue weighted by molar-refractivity contribution is 0.0945. The number of nitrogens with zero attached hydrogens (tertiary/aromatic N) is 1. The van der Waals surface area contributed by atoms with Crippen molar-refractivity contribution in [2.24, 2.45) is 0 Å². The summed E-state index contributed by atoms with van der Waals surface area (Å²) in [4.78, 5) is 14.8. The summed E-state index contributed by atoms with van der Waals surface area (Å²) in [7, 11) is 0. The van der Waals surface area contributed by atoms with Crippen molar-refractivity contribution >= 4 is 5.91 Å². The highest BCUT2D eigenvalue weighted by Crippen LogP contribution is 2.28. The van der Waals surface area contributed by atoms with Gasteiger partial charge in [-0.2, -0.15) is 0 Å². The first kappa shape index (κ1) is 23.5. The van der Waals surface area contributed by atoms with E-state index in [1.165, 1.54) is 0 Å². The Morgan fingerprint density at radius 3 is 2.37 bits per heavy atom. The molecule has 0 bridgehead atoms. The predicted molar refractivity (Wildman–Crippen MR) is 120 cm³/mol. The fourth-order valence-electron chi connectivity index (χ4n) is 3.06. The van der Waals surface area contributed by atoms with Crippen LogP contribution in [0.25, 0.3) is 0 Å². The second-order valence-electron chi connectivity index (χ2n) is 7.08. The van der Waals surface area contributed by atoms with Crippen molar-refractivity contribution in [1.82, 2.24) is 10.2 Å². The standard InChI is InChI=1S/C24H34N2O4/c1-5-26(19(3)4)15-14-25-24(27)20-12-13-22(23(18-20)28-6-2)30-17-16-29-21-10-8-7-9-11-21/h7-13,18-19H,5-6,14-17H2,1-4H3,(H,25,27). The van der Waals surface area contributed by atoms with Crippen LogP contribution < -0.4 is 19.5 Å². The van der Waals surface area contributed by atoms with E-state index in [1.54, 1.807) is 18.2 Å². The number of benzene rings is 2. The molecule has 0 fully saturated rings. The van der Waals surface area contributed by atoms with Crippen molar-refractivity contribution in [3.8, 4) is 17.2 Å². The highest BCUT2D eigenvalue weighted by Gasteiger charge is 2.13. The monoisotopic (exact) mass is 414 g/mol. The van der Waals surface area contributed by atoms with Gasteiger partial charge >= 0.3 is 0 Å². The minimum absolute atomic E-state index is 0.116. The van der Waals surface area contributed by atoms with Gasteiger partial charge < -0.3 is 19.5 Å². The molecule has 0 aliphatic carbocycles. The second kappa shape index (κ2) is 12.8. The summed E-state index contributed by atoms with van der Waals surface area (Å²) in [5, 5.41) is 2.98. The van der Waals surface area contributed by atoms with Crippen molar-refractivity contribution < 1.29 is 19.0 Å². The zero-order valence-corrected chi connectivity index (χ0v) is 18.5. The van der Waals surface area contributed by atoms with Gasteiger partial charge in [-0.25, -0.2) is 0 Å². The molecule has 2 aromatic rings. The molecule has 0 atom stereocenters. The van der Waals surface area contributed by atoms with E-state index in [9.17, 15) is 4.79 Å². The Morgan fingerprint density at radius 2 is 1.70 bits per heavy atom. The summed E-state index contributed by atoms with van der Waals surface area (Å²) in [5.41, 5.74) is 0.555. The molecule has 0 aliphatic rings. The normalized spacial score (nSPS) is 10.9. The first-order valence-corrected chi connectivity index (χ1v) is 10.6. The molecule has 0 aliphatic heterocycles. The third-order valence-corrected chi connectivity index (χ3v) is 4.68. The fraction of sp³-hybridized carbons (Fsp3) is 0.458. The van der Waals surface area contributed by atoms with E-state index in [1.807, 2.05) is 37.3 Å². The smallest absolute Gasteiger partial charge is 0.251 e. The predicted octanol–water partition coefficient (Wildman–Crippen LogP) is 4.00. The summed E-state index contributed by atoms with van der Waals surface area (Å²) in [6.07, 6.45) is 0. The molecule has 0 radical (unpaired) electrons. The van der Waals surface area contributed by atoms with Gasteiger partial charge in [0.1, 0.15) is 19.0 Å².